The number of hydrogen-bond donors (Lipinski definition) is 2. The number of halogens is 2. The number of nitrogens with zero attached hydrogens (tertiary/aromatic N) is 6. The van der Waals surface area contributed by atoms with Gasteiger partial charge in [0.2, 0.25) is 11.8 Å². The molecule has 0 aliphatic rings. The van der Waals surface area contributed by atoms with Crippen LogP contribution in [0, 0.1) is 12.7 Å². The average Bonchev–Trinajstić information content (AvgIpc) is 3.29. The lowest BCUT2D eigenvalue weighted by atomic mass is 10.0. The first-order valence-corrected chi connectivity index (χ1v) is 12.9. The van der Waals surface area contributed by atoms with Gasteiger partial charge in [-0.2, -0.15) is 10.1 Å². The zero-order chi connectivity index (χ0) is 27.0. The maximum atomic E-state index is 15.7. The molecule has 2 N–H and O–H groups in total. The third-order valence-electron chi connectivity index (χ3n) is 5.52. The molecule has 0 aliphatic heterocycles. The van der Waals surface area contributed by atoms with Crippen LogP contribution < -0.4 is 14.8 Å². The summed E-state index contributed by atoms with van der Waals surface area (Å²) in [6, 6.07) is 7.25. The van der Waals surface area contributed by atoms with Gasteiger partial charge in [0.05, 0.1) is 29.7 Å². The second kappa shape index (κ2) is 9.84. The van der Waals surface area contributed by atoms with E-state index in [0.717, 1.165) is 0 Å². The summed E-state index contributed by atoms with van der Waals surface area (Å²) in [6.45, 7) is 1.71. The van der Waals surface area contributed by atoms with Gasteiger partial charge in [-0.3, -0.25) is 9.40 Å². The summed E-state index contributed by atoms with van der Waals surface area (Å²) in [7, 11) is -1.22. The summed E-state index contributed by atoms with van der Waals surface area (Å²) in [5, 5.41) is 7.80. The predicted octanol–water partition coefficient (Wildman–Crippen LogP) is 4.47. The SMILES string of the molecule is COc1ncc(Cl)cc1S(=O)(=O)Nc1cccc(-c2cc3cnc(Nc4cnn(C)c4)nc3nc2C)c1F. The van der Waals surface area contributed by atoms with Crippen molar-refractivity contribution in [3.05, 3.63) is 71.7 Å². The standard InChI is InChI=1S/C24H20ClFN8O3S/c1-13-18(7-14-9-28-24(32-22(14)30-13)31-16-11-29-34(2)12-16)17-5-4-6-19(21(17)26)33-38(35,36)20-8-15(25)10-27-23(20)37-3/h4-12,33H,1-3H3,(H,28,30,31,32). The summed E-state index contributed by atoms with van der Waals surface area (Å²) >= 11 is 5.93. The molecule has 0 atom stereocenters. The highest BCUT2D eigenvalue weighted by Crippen LogP contribution is 2.33. The molecule has 14 heteroatoms. The lowest BCUT2D eigenvalue weighted by molar-refractivity contribution is 0.385. The van der Waals surface area contributed by atoms with Crippen molar-refractivity contribution in [2.24, 2.45) is 7.05 Å². The first-order valence-electron chi connectivity index (χ1n) is 11.1. The van der Waals surface area contributed by atoms with E-state index in [1.54, 1.807) is 43.3 Å². The molecule has 0 radical (unpaired) electrons. The van der Waals surface area contributed by atoms with Gasteiger partial charge in [0.15, 0.2) is 16.4 Å². The van der Waals surface area contributed by atoms with Crippen molar-refractivity contribution in [1.82, 2.24) is 29.7 Å². The number of pyridine rings is 2. The molecule has 0 fully saturated rings. The van der Waals surface area contributed by atoms with Crippen molar-refractivity contribution in [3.8, 4) is 17.0 Å². The quantitative estimate of drug-likeness (QED) is 0.298. The minimum Gasteiger partial charge on any atom is -0.480 e. The van der Waals surface area contributed by atoms with Crippen LogP contribution in [0.4, 0.5) is 21.7 Å². The number of aromatic nitrogens is 6. The number of nitrogens with one attached hydrogen (secondary N) is 2. The molecule has 0 bridgehead atoms. The topological polar surface area (TPSA) is 137 Å². The van der Waals surface area contributed by atoms with E-state index >= 15 is 4.39 Å². The minimum atomic E-state index is -4.28. The van der Waals surface area contributed by atoms with E-state index in [9.17, 15) is 8.42 Å². The van der Waals surface area contributed by atoms with Crippen molar-refractivity contribution < 1.29 is 17.5 Å². The Morgan fingerprint density at radius 2 is 1.89 bits per heavy atom. The maximum Gasteiger partial charge on any atom is 0.267 e. The summed E-state index contributed by atoms with van der Waals surface area (Å²) in [6.07, 6.45) is 6.23. The smallest absolute Gasteiger partial charge is 0.267 e. The zero-order valence-corrected chi connectivity index (χ0v) is 21.8. The highest BCUT2D eigenvalue weighted by molar-refractivity contribution is 7.92. The van der Waals surface area contributed by atoms with Crippen molar-refractivity contribution in [3.63, 3.8) is 0 Å². The molecule has 11 nitrogen and oxygen atoms in total. The van der Waals surface area contributed by atoms with Crippen molar-refractivity contribution >= 4 is 50.0 Å². The lowest BCUT2D eigenvalue weighted by Gasteiger charge is -2.14. The fourth-order valence-corrected chi connectivity index (χ4v) is 5.20. The molecule has 0 aliphatic carbocycles. The number of ether oxygens (including phenoxy) is 1. The number of hydrogen-bond acceptors (Lipinski definition) is 9. The third kappa shape index (κ3) is 4.93. The minimum absolute atomic E-state index is 0.0827. The number of methoxy groups -OCH3 is 1. The molecule has 194 valence electrons. The molecule has 0 amide bonds. The Kier molecular flexibility index (Phi) is 6.55. The molecule has 0 spiro atoms. The van der Waals surface area contributed by atoms with E-state index in [1.807, 2.05) is 0 Å². The van der Waals surface area contributed by atoms with Crippen molar-refractivity contribution in [2.45, 2.75) is 11.8 Å². The molecule has 4 aromatic heterocycles. The Morgan fingerprint density at radius 1 is 1.08 bits per heavy atom. The first kappa shape index (κ1) is 25.3. The van der Waals surface area contributed by atoms with E-state index in [1.165, 1.54) is 37.6 Å². The number of sulfonamides is 1. The first-order chi connectivity index (χ1) is 18.1. The van der Waals surface area contributed by atoms with Gasteiger partial charge in [-0.15, -0.1) is 0 Å². The Labute approximate surface area is 221 Å². The fraction of sp³-hybridized carbons (Fsp3) is 0.125. The van der Waals surface area contributed by atoms with Crippen LogP contribution in [0.15, 0.2) is 60.0 Å². The van der Waals surface area contributed by atoms with Crippen molar-refractivity contribution in [2.75, 3.05) is 17.1 Å². The normalized spacial score (nSPS) is 11.5. The van der Waals surface area contributed by atoms with Crippen LogP contribution in [0.3, 0.4) is 0 Å². The Hall–Kier alpha value is -4.36. The number of anilines is 3. The lowest BCUT2D eigenvalue weighted by Crippen LogP contribution is -2.16. The van der Waals surface area contributed by atoms with Crippen molar-refractivity contribution in [1.29, 1.82) is 0 Å². The average molecular weight is 555 g/mol. The van der Waals surface area contributed by atoms with Gasteiger partial charge in [0.1, 0.15) is 0 Å². The summed E-state index contributed by atoms with van der Waals surface area (Å²) < 4.78 is 50.7. The number of benzene rings is 1. The Morgan fingerprint density at radius 3 is 2.63 bits per heavy atom. The zero-order valence-electron chi connectivity index (χ0n) is 20.3. The number of fused-ring (bicyclic) bond motifs is 1. The van der Waals surface area contributed by atoms with E-state index in [0.29, 0.717) is 33.9 Å². The van der Waals surface area contributed by atoms with Gasteiger partial charge >= 0.3 is 0 Å². The molecule has 0 saturated heterocycles. The van der Waals surface area contributed by atoms with E-state index < -0.39 is 15.8 Å². The Balaban J connectivity index is 1.49. The van der Waals surface area contributed by atoms with Crippen LogP contribution in [-0.2, 0) is 17.1 Å². The second-order valence-electron chi connectivity index (χ2n) is 8.19. The van der Waals surface area contributed by atoms with Gasteiger partial charge in [-0.05, 0) is 25.1 Å². The van der Waals surface area contributed by atoms with Gasteiger partial charge in [0, 0.05) is 47.8 Å². The largest absolute Gasteiger partial charge is 0.480 e. The number of rotatable bonds is 7. The van der Waals surface area contributed by atoms with Crippen LogP contribution >= 0.6 is 11.6 Å². The van der Waals surface area contributed by atoms with Gasteiger partial charge in [-0.1, -0.05) is 23.7 Å². The maximum absolute atomic E-state index is 15.7. The van der Waals surface area contributed by atoms with E-state index in [4.69, 9.17) is 16.3 Å². The summed E-state index contributed by atoms with van der Waals surface area (Å²) in [4.78, 5) is 16.8. The van der Waals surface area contributed by atoms with Gasteiger partial charge in [-0.25, -0.2) is 27.8 Å². The van der Waals surface area contributed by atoms with E-state index in [-0.39, 0.29) is 27.0 Å². The molecule has 0 saturated carbocycles. The van der Waals surface area contributed by atoms with Crippen LogP contribution in [0.1, 0.15) is 5.69 Å². The molecule has 38 heavy (non-hydrogen) atoms. The van der Waals surface area contributed by atoms with Gasteiger partial charge in [0.25, 0.3) is 10.0 Å². The van der Waals surface area contributed by atoms with E-state index in [2.05, 4.69) is 35.1 Å². The fourth-order valence-electron chi connectivity index (χ4n) is 3.77. The second-order valence-corrected chi connectivity index (χ2v) is 10.3. The molecule has 5 aromatic rings. The molecule has 1 aromatic carbocycles. The van der Waals surface area contributed by atoms with Crippen LogP contribution in [0.25, 0.3) is 22.2 Å². The van der Waals surface area contributed by atoms with Gasteiger partial charge < -0.3 is 10.1 Å². The highest BCUT2D eigenvalue weighted by atomic mass is 35.5. The van der Waals surface area contributed by atoms with Crippen LogP contribution in [0.2, 0.25) is 5.02 Å². The summed E-state index contributed by atoms with van der Waals surface area (Å²) in [5.41, 5.74) is 1.94. The van der Waals surface area contributed by atoms with Crippen LogP contribution in [0.5, 0.6) is 5.88 Å². The molecular weight excluding hydrogens is 535 g/mol. The molecule has 5 rings (SSSR count). The highest BCUT2D eigenvalue weighted by Gasteiger charge is 2.24. The molecule has 4 heterocycles. The Bertz CT molecular complexity index is 1800. The molecule has 0 unspecified atom stereocenters. The molecular formula is C24H20ClFN8O3S. The third-order valence-corrected chi connectivity index (χ3v) is 7.09. The number of aryl methyl sites for hydroxylation is 2. The monoisotopic (exact) mass is 554 g/mol. The predicted molar refractivity (Wildman–Crippen MR) is 141 cm³/mol. The summed E-state index contributed by atoms with van der Waals surface area (Å²) in [5.74, 6) is -0.630. The van der Waals surface area contributed by atoms with Crippen LogP contribution in [-0.4, -0.2) is 45.2 Å².